The second kappa shape index (κ2) is 9.25. The molecule has 0 unspecified atom stereocenters. The van der Waals surface area contributed by atoms with E-state index in [1.54, 1.807) is 0 Å². The predicted molar refractivity (Wildman–Crippen MR) is 87.2 cm³/mol. The molecule has 0 bridgehead atoms. The number of halogens is 7. The molecule has 0 radical (unpaired) electrons. The summed E-state index contributed by atoms with van der Waals surface area (Å²) in [5.41, 5.74) is -2.75. The molecule has 1 aliphatic heterocycles. The van der Waals surface area contributed by atoms with Crippen LogP contribution < -0.4 is 5.32 Å². The number of hydrogen-bond donors (Lipinski definition) is 2. The van der Waals surface area contributed by atoms with E-state index >= 15 is 0 Å². The number of nitrogens with zero attached hydrogens (tertiary/aromatic N) is 1. The van der Waals surface area contributed by atoms with Crippen LogP contribution in [0.2, 0.25) is 0 Å². The van der Waals surface area contributed by atoms with Gasteiger partial charge in [-0.15, -0.1) is 12.4 Å². The van der Waals surface area contributed by atoms with Crippen LogP contribution in [0.15, 0.2) is 18.2 Å². The largest absolute Gasteiger partial charge is 0.416 e. The van der Waals surface area contributed by atoms with Crippen LogP contribution in [-0.4, -0.2) is 42.8 Å². The van der Waals surface area contributed by atoms with Crippen LogP contribution in [0.4, 0.5) is 26.3 Å². The fraction of sp³-hybridized carbons (Fsp3) is 0.625. The highest BCUT2D eigenvalue weighted by atomic mass is 35.5. The molecule has 1 fully saturated rings. The minimum absolute atomic E-state index is 0. The predicted octanol–water partition coefficient (Wildman–Crippen LogP) is 3.86. The summed E-state index contributed by atoms with van der Waals surface area (Å²) in [5.74, 6) is 0. The first-order chi connectivity index (χ1) is 11.6. The van der Waals surface area contributed by atoms with Gasteiger partial charge in [0.05, 0.1) is 11.1 Å². The van der Waals surface area contributed by atoms with E-state index < -0.39 is 29.5 Å². The summed E-state index contributed by atoms with van der Waals surface area (Å²) < 4.78 is 78.7. The van der Waals surface area contributed by atoms with Gasteiger partial charge in [-0.2, -0.15) is 26.3 Å². The summed E-state index contributed by atoms with van der Waals surface area (Å²) >= 11 is 0. The Hall–Kier alpha value is -1.03. The van der Waals surface area contributed by atoms with Gasteiger partial charge in [-0.1, -0.05) is 6.07 Å². The fourth-order valence-electron chi connectivity index (χ4n) is 3.08. The fourth-order valence-corrected chi connectivity index (χ4v) is 3.08. The van der Waals surface area contributed by atoms with Gasteiger partial charge >= 0.3 is 12.4 Å². The number of aliphatic hydroxyl groups excluding tert-OH is 1. The first kappa shape index (κ1) is 23.0. The van der Waals surface area contributed by atoms with Gasteiger partial charge in [0.2, 0.25) is 0 Å². The van der Waals surface area contributed by atoms with Crippen molar-refractivity contribution in [3.05, 3.63) is 34.9 Å². The maximum atomic E-state index is 13.4. The van der Waals surface area contributed by atoms with Crippen molar-refractivity contribution in [2.24, 2.45) is 0 Å². The van der Waals surface area contributed by atoms with Crippen molar-refractivity contribution in [1.82, 2.24) is 10.2 Å². The van der Waals surface area contributed by atoms with Crippen molar-refractivity contribution < 1.29 is 31.4 Å². The van der Waals surface area contributed by atoms with E-state index in [4.69, 9.17) is 5.11 Å². The molecule has 1 heterocycles. The van der Waals surface area contributed by atoms with Crippen LogP contribution in [0.5, 0.6) is 0 Å². The lowest BCUT2D eigenvalue weighted by atomic mass is 9.93. The summed E-state index contributed by atoms with van der Waals surface area (Å²) in [6.07, 6.45) is -9.21. The van der Waals surface area contributed by atoms with Gasteiger partial charge in [0.1, 0.15) is 0 Å². The quantitative estimate of drug-likeness (QED) is 0.729. The normalized spacial score (nSPS) is 17.7. The van der Waals surface area contributed by atoms with Gasteiger partial charge in [0.15, 0.2) is 0 Å². The molecule has 10 heteroatoms. The Morgan fingerprint density at radius 1 is 1.04 bits per heavy atom. The van der Waals surface area contributed by atoms with Gasteiger partial charge in [-0.05, 0) is 30.5 Å². The molecule has 0 aromatic heterocycles. The molecular weight excluding hydrogens is 386 g/mol. The van der Waals surface area contributed by atoms with Crippen molar-refractivity contribution >= 4 is 12.4 Å². The lowest BCUT2D eigenvalue weighted by Gasteiger charge is -2.36. The van der Waals surface area contributed by atoms with Gasteiger partial charge in [-0.3, -0.25) is 4.90 Å². The number of benzene rings is 1. The Kier molecular flexibility index (Phi) is 8.19. The van der Waals surface area contributed by atoms with Crippen molar-refractivity contribution in [3.63, 3.8) is 0 Å². The molecule has 1 saturated heterocycles. The maximum absolute atomic E-state index is 13.4. The van der Waals surface area contributed by atoms with E-state index in [9.17, 15) is 26.3 Å². The molecule has 1 atom stereocenters. The third kappa shape index (κ3) is 5.73. The molecule has 1 aliphatic rings. The summed E-state index contributed by atoms with van der Waals surface area (Å²) in [6.45, 7) is 1.99. The van der Waals surface area contributed by atoms with Gasteiger partial charge in [0.25, 0.3) is 0 Å². The van der Waals surface area contributed by atoms with Crippen molar-refractivity contribution in [2.75, 3.05) is 32.8 Å². The molecular formula is C16H21ClF6N2O. The Morgan fingerprint density at radius 3 is 2.15 bits per heavy atom. The second-order valence-electron chi connectivity index (χ2n) is 5.97. The lowest BCUT2D eigenvalue weighted by Crippen LogP contribution is -2.45. The molecule has 1 aromatic carbocycles. The van der Waals surface area contributed by atoms with E-state index in [1.807, 2.05) is 4.90 Å². The smallest absolute Gasteiger partial charge is 0.396 e. The van der Waals surface area contributed by atoms with Crippen molar-refractivity contribution in [3.8, 4) is 0 Å². The van der Waals surface area contributed by atoms with E-state index in [-0.39, 0.29) is 43.5 Å². The zero-order valence-electron chi connectivity index (χ0n) is 13.8. The standard InChI is InChI=1S/C16H20F6N2O.ClH/c17-15(18,19)11-3-4-12(13(10-11)16(20,21)22)14(2-1-9-25)24-7-5-23-6-8-24;/h3-4,10,14,23,25H,1-2,5-9H2;1H/t14-;/m1./s1. The van der Waals surface area contributed by atoms with Crippen LogP contribution in [0.3, 0.4) is 0 Å². The minimum Gasteiger partial charge on any atom is -0.396 e. The molecule has 0 spiro atoms. The molecule has 1 aromatic rings. The Labute approximate surface area is 153 Å². The number of alkyl halides is 6. The zero-order chi connectivity index (χ0) is 18.7. The van der Waals surface area contributed by atoms with Crippen LogP contribution in [0.25, 0.3) is 0 Å². The van der Waals surface area contributed by atoms with Gasteiger partial charge in [-0.25, -0.2) is 0 Å². The summed E-state index contributed by atoms with van der Waals surface area (Å²) in [7, 11) is 0. The number of piperazine rings is 1. The lowest BCUT2D eigenvalue weighted by molar-refractivity contribution is -0.143. The molecule has 0 amide bonds. The molecule has 26 heavy (non-hydrogen) atoms. The first-order valence-electron chi connectivity index (χ1n) is 7.98. The van der Waals surface area contributed by atoms with E-state index in [0.29, 0.717) is 32.2 Å². The topological polar surface area (TPSA) is 35.5 Å². The molecule has 3 nitrogen and oxygen atoms in total. The highest BCUT2D eigenvalue weighted by Crippen LogP contribution is 2.41. The van der Waals surface area contributed by atoms with Crippen molar-refractivity contribution in [2.45, 2.75) is 31.2 Å². The summed E-state index contributed by atoms with van der Waals surface area (Å²) in [6, 6.07) is 1.12. The molecule has 0 aliphatic carbocycles. The average molecular weight is 407 g/mol. The SMILES string of the molecule is Cl.OCCC[C@H](c1ccc(C(F)(F)F)cc1C(F)(F)F)N1CCNCC1. The van der Waals surface area contributed by atoms with Crippen LogP contribution in [0, 0.1) is 0 Å². The van der Waals surface area contributed by atoms with E-state index in [2.05, 4.69) is 5.32 Å². The van der Waals surface area contributed by atoms with Gasteiger partial charge in [0, 0.05) is 38.8 Å². The Bertz CT molecular complexity index is 573. The van der Waals surface area contributed by atoms with Crippen LogP contribution >= 0.6 is 12.4 Å². The van der Waals surface area contributed by atoms with Gasteiger partial charge < -0.3 is 10.4 Å². The first-order valence-corrected chi connectivity index (χ1v) is 7.98. The number of nitrogens with one attached hydrogen (secondary N) is 1. The molecule has 2 N–H and O–H groups in total. The maximum Gasteiger partial charge on any atom is 0.416 e. The number of aliphatic hydroxyl groups is 1. The molecule has 2 rings (SSSR count). The van der Waals surface area contributed by atoms with E-state index in [1.165, 1.54) is 0 Å². The zero-order valence-corrected chi connectivity index (χ0v) is 14.6. The monoisotopic (exact) mass is 406 g/mol. The van der Waals surface area contributed by atoms with Crippen molar-refractivity contribution in [1.29, 1.82) is 0 Å². The Balaban J connectivity index is 0.00000338. The van der Waals surface area contributed by atoms with E-state index in [0.717, 1.165) is 6.07 Å². The third-order valence-corrected chi connectivity index (χ3v) is 4.27. The molecule has 0 saturated carbocycles. The highest BCUT2D eigenvalue weighted by molar-refractivity contribution is 5.85. The highest BCUT2D eigenvalue weighted by Gasteiger charge is 2.40. The van der Waals surface area contributed by atoms with Crippen LogP contribution in [-0.2, 0) is 12.4 Å². The summed E-state index contributed by atoms with van der Waals surface area (Å²) in [5, 5.41) is 12.1. The number of hydrogen-bond acceptors (Lipinski definition) is 3. The van der Waals surface area contributed by atoms with Crippen LogP contribution in [0.1, 0.15) is 35.6 Å². The second-order valence-corrected chi connectivity index (χ2v) is 5.97. The average Bonchev–Trinajstić information content (AvgIpc) is 2.54. The number of rotatable bonds is 5. The minimum atomic E-state index is -4.89. The third-order valence-electron chi connectivity index (χ3n) is 4.27. The molecule has 150 valence electrons. The Morgan fingerprint density at radius 2 is 1.65 bits per heavy atom. The summed E-state index contributed by atoms with van der Waals surface area (Å²) in [4.78, 5) is 1.82.